The molecule has 0 saturated heterocycles. The molecule has 31 heavy (non-hydrogen) atoms. The Morgan fingerprint density at radius 3 is 2.71 bits per heavy atom. The van der Waals surface area contributed by atoms with Crippen LogP contribution < -0.4 is 9.64 Å². The van der Waals surface area contributed by atoms with Gasteiger partial charge < -0.3 is 19.5 Å². The van der Waals surface area contributed by atoms with E-state index in [9.17, 15) is 14.7 Å². The van der Waals surface area contributed by atoms with Crippen LogP contribution in [0, 0.1) is 11.8 Å². The standard InChI is InChI=1S/C25H28ClNO4/c26-22-8-6-21-16-31-24-9-7-19(25(29)30)14-23(24)27(11-2-1-3-18(21)13-22)15-20-5-4-17(20)10-12-28/h6-9,12-14,17,20H,1-5,10-11,15-16H2,(H,29,30)/t17-,20-/m0/s1. The van der Waals surface area contributed by atoms with E-state index in [4.69, 9.17) is 16.3 Å². The molecule has 2 aliphatic rings. The third kappa shape index (κ3) is 5.04. The molecule has 1 heterocycles. The lowest BCUT2D eigenvalue weighted by Crippen LogP contribution is -2.39. The van der Waals surface area contributed by atoms with Gasteiger partial charge in [0.05, 0.1) is 11.3 Å². The first-order valence-corrected chi connectivity index (χ1v) is 11.4. The van der Waals surface area contributed by atoms with E-state index in [1.165, 1.54) is 5.56 Å². The predicted octanol–water partition coefficient (Wildman–Crippen LogP) is 5.38. The van der Waals surface area contributed by atoms with Gasteiger partial charge in [-0.25, -0.2) is 4.79 Å². The lowest BCUT2D eigenvalue weighted by Gasteiger charge is -2.40. The van der Waals surface area contributed by atoms with Gasteiger partial charge in [-0.15, -0.1) is 0 Å². The summed E-state index contributed by atoms with van der Waals surface area (Å²) in [5.74, 6) is 0.625. The number of carbonyl (C=O) groups excluding carboxylic acids is 1. The molecule has 6 heteroatoms. The maximum Gasteiger partial charge on any atom is 0.335 e. The first-order chi connectivity index (χ1) is 15.0. The summed E-state index contributed by atoms with van der Waals surface area (Å²) in [6, 6.07) is 11.0. The quantitative estimate of drug-likeness (QED) is 0.631. The highest BCUT2D eigenvalue weighted by Gasteiger charge is 2.32. The van der Waals surface area contributed by atoms with Crippen LogP contribution in [0.2, 0.25) is 5.02 Å². The number of aryl methyl sites for hydroxylation is 1. The summed E-state index contributed by atoms with van der Waals surface area (Å²) in [7, 11) is 0. The Hall–Kier alpha value is -2.53. The zero-order chi connectivity index (χ0) is 21.8. The lowest BCUT2D eigenvalue weighted by atomic mass is 9.72. The number of aromatic carboxylic acids is 1. The number of anilines is 1. The van der Waals surface area contributed by atoms with Crippen molar-refractivity contribution in [2.45, 2.75) is 45.1 Å². The normalized spacial score (nSPS) is 21.0. The molecule has 0 amide bonds. The Bertz CT molecular complexity index is 961. The molecule has 0 bridgehead atoms. The highest BCUT2D eigenvalue weighted by molar-refractivity contribution is 6.30. The first kappa shape index (κ1) is 21.7. The number of rotatable bonds is 5. The number of carboxylic acid groups (broad SMARTS) is 1. The van der Waals surface area contributed by atoms with Crippen molar-refractivity contribution in [3.05, 3.63) is 58.1 Å². The Balaban J connectivity index is 1.65. The van der Waals surface area contributed by atoms with Crippen LogP contribution in [0.3, 0.4) is 0 Å². The van der Waals surface area contributed by atoms with Crippen LogP contribution in [0.1, 0.15) is 53.6 Å². The van der Waals surface area contributed by atoms with Gasteiger partial charge in [-0.05, 0) is 85.4 Å². The maximum absolute atomic E-state index is 11.6. The fourth-order valence-corrected chi connectivity index (χ4v) is 4.86. The number of carbonyl (C=O) groups is 2. The molecule has 5 nitrogen and oxygen atoms in total. The number of aldehydes is 1. The highest BCUT2D eigenvalue weighted by Crippen LogP contribution is 2.40. The lowest BCUT2D eigenvalue weighted by molar-refractivity contribution is -0.109. The summed E-state index contributed by atoms with van der Waals surface area (Å²) in [6.07, 6.45) is 6.74. The monoisotopic (exact) mass is 441 g/mol. The molecule has 1 aliphatic heterocycles. The summed E-state index contributed by atoms with van der Waals surface area (Å²) < 4.78 is 6.22. The van der Waals surface area contributed by atoms with Gasteiger partial charge >= 0.3 is 5.97 Å². The van der Waals surface area contributed by atoms with Gasteiger partial charge in [0.15, 0.2) is 0 Å². The molecule has 0 unspecified atom stereocenters. The zero-order valence-electron chi connectivity index (χ0n) is 17.6. The van der Waals surface area contributed by atoms with Crippen LogP contribution in [-0.4, -0.2) is 30.5 Å². The molecule has 0 radical (unpaired) electrons. The Morgan fingerprint density at radius 1 is 1.13 bits per heavy atom. The summed E-state index contributed by atoms with van der Waals surface area (Å²) in [5, 5.41) is 10.3. The van der Waals surface area contributed by atoms with Crippen molar-refractivity contribution in [2.24, 2.45) is 11.8 Å². The number of ether oxygens (including phenoxy) is 1. The van der Waals surface area contributed by atoms with E-state index < -0.39 is 5.97 Å². The molecular weight excluding hydrogens is 414 g/mol. The molecule has 1 fully saturated rings. The van der Waals surface area contributed by atoms with E-state index in [2.05, 4.69) is 4.90 Å². The number of carboxylic acids is 1. The molecule has 0 spiro atoms. The predicted molar refractivity (Wildman–Crippen MR) is 121 cm³/mol. The molecule has 1 N–H and O–H groups in total. The van der Waals surface area contributed by atoms with Gasteiger partial charge in [-0.3, -0.25) is 0 Å². The maximum atomic E-state index is 11.6. The van der Waals surface area contributed by atoms with Gasteiger partial charge in [0.2, 0.25) is 0 Å². The van der Waals surface area contributed by atoms with Crippen LogP contribution in [0.15, 0.2) is 36.4 Å². The van der Waals surface area contributed by atoms with Crippen LogP contribution in [-0.2, 0) is 17.8 Å². The van der Waals surface area contributed by atoms with E-state index in [1.54, 1.807) is 18.2 Å². The number of halogens is 1. The van der Waals surface area contributed by atoms with Crippen LogP contribution in [0.5, 0.6) is 5.75 Å². The van der Waals surface area contributed by atoms with Crippen molar-refractivity contribution in [2.75, 3.05) is 18.0 Å². The van der Waals surface area contributed by atoms with Gasteiger partial charge in [-0.1, -0.05) is 17.7 Å². The van der Waals surface area contributed by atoms with E-state index in [1.807, 2.05) is 18.2 Å². The summed E-state index contributed by atoms with van der Waals surface area (Å²) in [6.45, 7) is 2.05. The van der Waals surface area contributed by atoms with E-state index in [-0.39, 0.29) is 5.56 Å². The number of nitrogens with zero attached hydrogens (tertiary/aromatic N) is 1. The fourth-order valence-electron chi connectivity index (χ4n) is 4.67. The average Bonchev–Trinajstić information content (AvgIpc) is 2.78. The third-order valence-electron chi connectivity index (χ3n) is 6.65. The largest absolute Gasteiger partial charge is 0.487 e. The number of benzene rings is 2. The summed E-state index contributed by atoms with van der Waals surface area (Å²) in [4.78, 5) is 24.9. The highest BCUT2D eigenvalue weighted by atomic mass is 35.5. The molecule has 2 atom stereocenters. The zero-order valence-corrected chi connectivity index (χ0v) is 18.3. The minimum atomic E-state index is -0.945. The number of hydrogen-bond acceptors (Lipinski definition) is 4. The number of hydrogen-bond donors (Lipinski definition) is 1. The van der Waals surface area contributed by atoms with Crippen molar-refractivity contribution in [1.29, 1.82) is 0 Å². The van der Waals surface area contributed by atoms with Crippen molar-refractivity contribution in [1.82, 2.24) is 0 Å². The van der Waals surface area contributed by atoms with Crippen molar-refractivity contribution in [3.63, 3.8) is 0 Å². The van der Waals surface area contributed by atoms with Gasteiger partial charge in [-0.2, -0.15) is 0 Å². The SMILES string of the molecule is O=CC[C@@H]1CC[C@H]1CN1CCCCc2cc(Cl)ccc2COc2ccc(C(=O)O)cc21. The average molecular weight is 442 g/mol. The molecule has 2 aromatic rings. The molecule has 4 rings (SSSR count). The summed E-state index contributed by atoms with van der Waals surface area (Å²) >= 11 is 6.22. The van der Waals surface area contributed by atoms with Gasteiger partial charge in [0, 0.05) is 24.5 Å². The second-order valence-corrected chi connectivity index (χ2v) is 9.03. The Labute approximate surface area is 188 Å². The number of fused-ring (bicyclic) bond motifs is 2. The van der Waals surface area contributed by atoms with E-state index >= 15 is 0 Å². The van der Waals surface area contributed by atoms with Crippen molar-refractivity contribution in [3.8, 4) is 5.75 Å². The topological polar surface area (TPSA) is 66.8 Å². The smallest absolute Gasteiger partial charge is 0.335 e. The first-order valence-electron chi connectivity index (χ1n) is 11.0. The van der Waals surface area contributed by atoms with Gasteiger partial charge in [0.25, 0.3) is 0 Å². The fraction of sp³-hybridized carbons (Fsp3) is 0.440. The molecule has 2 aromatic carbocycles. The molecular formula is C25H28ClNO4. The summed E-state index contributed by atoms with van der Waals surface area (Å²) in [5.41, 5.74) is 3.40. The van der Waals surface area contributed by atoms with E-state index in [0.29, 0.717) is 30.6 Å². The minimum absolute atomic E-state index is 0.257. The molecule has 1 aliphatic carbocycles. The van der Waals surface area contributed by atoms with Gasteiger partial charge in [0.1, 0.15) is 18.6 Å². The van der Waals surface area contributed by atoms with Crippen molar-refractivity contribution < 1.29 is 19.4 Å². The van der Waals surface area contributed by atoms with E-state index in [0.717, 1.165) is 67.8 Å². The van der Waals surface area contributed by atoms with Crippen LogP contribution in [0.25, 0.3) is 0 Å². The second kappa shape index (κ2) is 9.73. The van der Waals surface area contributed by atoms with Crippen molar-refractivity contribution >= 4 is 29.5 Å². The Kier molecular flexibility index (Phi) is 6.81. The van der Waals surface area contributed by atoms with Crippen LogP contribution in [0.4, 0.5) is 5.69 Å². The minimum Gasteiger partial charge on any atom is -0.487 e. The molecule has 0 aromatic heterocycles. The second-order valence-electron chi connectivity index (χ2n) is 8.59. The third-order valence-corrected chi connectivity index (χ3v) is 6.89. The van der Waals surface area contributed by atoms with Crippen LogP contribution >= 0.6 is 11.6 Å². The molecule has 1 saturated carbocycles. The Morgan fingerprint density at radius 2 is 1.97 bits per heavy atom. The molecule has 164 valence electrons.